The van der Waals surface area contributed by atoms with E-state index >= 15 is 0 Å². The van der Waals surface area contributed by atoms with Crippen molar-refractivity contribution >= 4 is 131 Å². The lowest BCUT2D eigenvalue weighted by Crippen LogP contribution is -2.16. The lowest BCUT2D eigenvalue weighted by Gasteiger charge is -2.14. The summed E-state index contributed by atoms with van der Waals surface area (Å²) >= 11 is 9.71. The molecule has 5 heterocycles. The second-order valence-corrected chi connectivity index (χ2v) is 26.4. The van der Waals surface area contributed by atoms with Crippen LogP contribution in [-0.4, -0.2) is 38.7 Å². The van der Waals surface area contributed by atoms with Crippen molar-refractivity contribution in [3.63, 3.8) is 0 Å². The molecule has 1 saturated heterocycles. The van der Waals surface area contributed by atoms with Crippen LogP contribution in [0.2, 0.25) is 0 Å². The van der Waals surface area contributed by atoms with Crippen LogP contribution < -0.4 is 18.9 Å². The van der Waals surface area contributed by atoms with Gasteiger partial charge in [-0.25, -0.2) is 22.8 Å². The summed E-state index contributed by atoms with van der Waals surface area (Å²) in [6, 6.07) is 36.1. The zero-order valence-corrected chi connectivity index (χ0v) is 52.5. The van der Waals surface area contributed by atoms with Crippen LogP contribution in [-0.2, 0) is 4.74 Å². The van der Waals surface area contributed by atoms with Gasteiger partial charge in [-0.05, 0) is 153 Å². The molecular weight excluding hydrogens is 1510 g/mol. The topological polar surface area (TPSA) is 150 Å². The Bertz CT molecular complexity index is 4080. The normalized spacial score (nSPS) is 12.3. The first-order chi connectivity index (χ1) is 42.6. The average molecular weight is 1540 g/mol. The number of hydrogen-bond acceptors (Lipinski definition) is 13. The van der Waals surface area contributed by atoms with E-state index in [4.69, 9.17) is 28.4 Å². The Balaban J connectivity index is 0.000000204. The third kappa shape index (κ3) is 17.0. The van der Waals surface area contributed by atoms with Gasteiger partial charge in [-0.15, -0.1) is 98.0 Å². The first-order valence-electron chi connectivity index (χ1n) is 25.3. The zero-order valence-electron chi connectivity index (χ0n) is 44.9. The quantitative estimate of drug-likeness (QED) is 0.0740. The van der Waals surface area contributed by atoms with E-state index in [-0.39, 0.29) is 17.9 Å². The average Bonchev–Trinajstić information content (AvgIpc) is 1.55. The third-order valence-corrected chi connectivity index (χ3v) is 18.7. The largest absolute Gasteiger partial charge is 0.573 e. The summed E-state index contributed by atoms with van der Waals surface area (Å²) < 4.78 is 178. The lowest BCUT2D eigenvalue weighted by molar-refractivity contribution is -0.275. The molecule has 29 heteroatoms. The fourth-order valence-electron chi connectivity index (χ4n) is 9.08. The summed E-state index contributed by atoms with van der Waals surface area (Å²) in [5.74, 6) is -2.69. The third-order valence-electron chi connectivity index (χ3n) is 12.4. The van der Waals surface area contributed by atoms with Crippen LogP contribution in [0.4, 0.5) is 52.7 Å². The molecular formula is C61H32F12I2N6O5S4. The van der Waals surface area contributed by atoms with Gasteiger partial charge in [0.25, 0.3) is 0 Å². The number of nitriles is 4. The highest BCUT2D eigenvalue weighted by molar-refractivity contribution is 14.1. The highest BCUT2D eigenvalue weighted by Crippen LogP contribution is 2.53. The van der Waals surface area contributed by atoms with Gasteiger partial charge in [-0.1, -0.05) is 48.5 Å². The maximum atomic E-state index is 12.8. The van der Waals surface area contributed by atoms with E-state index in [0.29, 0.717) is 52.2 Å². The van der Waals surface area contributed by atoms with E-state index in [1.807, 2.05) is 24.3 Å². The summed E-state index contributed by atoms with van der Waals surface area (Å²) in [4.78, 5) is 7.51. The first-order valence-corrected chi connectivity index (χ1v) is 30.7. The maximum Gasteiger partial charge on any atom is 0.573 e. The number of fused-ring (bicyclic) bond motifs is 4. The van der Waals surface area contributed by atoms with E-state index in [9.17, 15) is 63.2 Å². The number of nitrogens with zero attached hydrogens (tertiary/aromatic N) is 6. The van der Waals surface area contributed by atoms with Crippen molar-refractivity contribution in [2.75, 3.05) is 13.2 Å². The molecule has 0 aliphatic carbocycles. The van der Waals surface area contributed by atoms with Crippen LogP contribution in [0.15, 0.2) is 121 Å². The minimum atomic E-state index is -4.91. The smallest absolute Gasteiger partial charge is 0.406 e. The van der Waals surface area contributed by atoms with Gasteiger partial charge in [-0.3, -0.25) is 0 Å². The molecule has 0 unspecified atom stereocenters. The molecule has 4 aromatic heterocycles. The molecule has 0 spiro atoms. The summed E-state index contributed by atoms with van der Waals surface area (Å²) in [6.07, 6.45) is -18.0. The molecule has 1 fully saturated rings. The number of thiophene rings is 4. The molecule has 90 heavy (non-hydrogen) atoms. The Hall–Kier alpha value is -8.12. The van der Waals surface area contributed by atoms with Crippen molar-refractivity contribution < 1.29 is 76.4 Å². The second kappa shape index (κ2) is 28.8. The van der Waals surface area contributed by atoms with Crippen LogP contribution in [0, 0.1) is 64.2 Å². The molecule has 10 aromatic rings. The first kappa shape index (κ1) is 67.8. The van der Waals surface area contributed by atoms with E-state index in [1.165, 1.54) is 84.0 Å². The fourth-order valence-corrected chi connectivity index (χ4v) is 15.4. The Morgan fingerprint density at radius 1 is 0.444 bits per heavy atom. The summed E-state index contributed by atoms with van der Waals surface area (Å²) in [6.45, 7) is 17.0. The van der Waals surface area contributed by atoms with Crippen LogP contribution in [0.5, 0.6) is 23.0 Å². The molecule has 0 N–H and O–H groups in total. The Kier molecular flexibility index (Phi) is 21.7. The molecule has 0 atom stereocenters. The van der Waals surface area contributed by atoms with Crippen LogP contribution >= 0.6 is 90.5 Å². The minimum Gasteiger partial charge on any atom is -0.406 e. The van der Waals surface area contributed by atoms with Crippen molar-refractivity contribution in [3.05, 3.63) is 160 Å². The van der Waals surface area contributed by atoms with Crippen molar-refractivity contribution in [2.24, 2.45) is 0 Å². The molecule has 0 amide bonds. The van der Waals surface area contributed by atoms with Gasteiger partial charge in [0.2, 0.25) is 0 Å². The predicted molar refractivity (Wildman–Crippen MR) is 334 cm³/mol. The Labute approximate surface area is 545 Å². The van der Waals surface area contributed by atoms with Gasteiger partial charge in [-0.2, -0.15) is 21.0 Å². The fraction of sp³-hybridized carbons (Fsp3) is 0.180. The minimum absolute atomic E-state index is 0. The van der Waals surface area contributed by atoms with Gasteiger partial charge >= 0.3 is 31.6 Å². The summed E-state index contributed by atoms with van der Waals surface area (Å²) in [5.41, 5.74) is 5.13. The monoisotopic (exact) mass is 1540 g/mol. The SMILES string of the molecule is C1CCOC1.FC(F)(F)Oc1ccc(-c2c3cc(I)sc3c(-c3ccc(OC(F)(F)F)cc3)c3cc(I)sc23)cc1.N#CCC#N.[C-]#[N+]C([N+]#[C-])c1cc2c(-c3ccc(OC(F)(F)F)cc3)c3sc(C(C#N)C#N)cc3c(-c3ccc(OC(F)(F)F)cc3)c2s1. The Morgan fingerprint density at radius 3 is 0.967 bits per heavy atom. The van der Waals surface area contributed by atoms with Crippen molar-refractivity contribution in [1.29, 1.82) is 21.0 Å². The van der Waals surface area contributed by atoms with Gasteiger partial charge in [0.1, 0.15) is 29.4 Å². The number of alkyl halides is 12. The number of ether oxygens (including phenoxy) is 5. The van der Waals surface area contributed by atoms with Crippen molar-refractivity contribution in [1.82, 2.24) is 0 Å². The Morgan fingerprint density at radius 2 is 0.722 bits per heavy atom. The van der Waals surface area contributed by atoms with Gasteiger partial charge < -0.3 is 23.7 Å². The molecule has 0 radical (unpaired) electrons. The molecule has 458 valence electrons. The number of halogens is 14. The highest BCUT2D eigenvalue weighted by atomic mass is 127. The van der Waals surface area contributed by atoms with Gasteiger partial charge in [0.15, 0.2) is 10.8 Å². The van der Waals surface area contributed by atoms with E-state index in [1.54, 1.807) is 48.5 Å². The second-order valence-electron chi connectivity index (χ2n) is 18.3. The van der Waals surface area contributed by atoms with Crippen molar-refractivity contribution in [2.45, 2.75) is 56.8 Å². The summed E-state index contributed by atoms with van der Waals surface area (Å²) in [5, 5.41) is 37.2. The van der Waals surface area contributed by atoms with Crippen LogP contribution in [0.3, 0.4) is 0 Å². The van der Waals surface area contributed by atoms with Gasteiger partial charge in [0.05, 0.1) is 30.0 Å². The molecule has 0 bridgehead atoms. The molecule has 1 aliphatic rings. The van der Waals surface area contributed by atoms with E-state index in [2.05, 4.69) is 73.8 Å². The number of rotatable bonds is 10. The molecule has 6 aromatic carbocycles. The van der Waals surface area contributed by atoms with Gasteiger partial charge in [0, 0.05) is 80.7 Å². The molecule has 11 rings (SSSR count). The number of benzene rings is 6. The zero-order chi connectivity index (χ0) is 65.3. The molecule has 0 saturated carbocycles. The molecule has 1 aliphatic heterocycles. The maximum absolute atomic E-state index is 12.8. The predicted octanol–water partition coefficient (Wildman–Crippen LogP) is 21.9. The number of hydrogen-bond donors (Lipinski definition) is 0. The van der Waals surface area contributed by atoms with Crippen molar-refractivity contribution in [3.8, 4) is 91.8 Å². The lowest BCUT2D eigenvalue weighted by atomic mass is 9.93. The summed E-state index contributed by atoms with van der Waals surface area (Å²) in [7, 11) is 0. The standard InChI is InChI=1S/C30H12F6N4O2S2.C24H10F6I2O2S2.C4H8O.C3H2N2/c1-39-28(40-2)23-12-21-25(16-5-9-19(10-6-16)42-30(34,35)36)26-20(11-22(43-26)17(13-37)14-38)24(27(21)44-23)15-3-7-18(8-4-15)41-29(31,32)33;25-23(26,27)33-13-5-1-11(2-6-13)19-15-9-17(31)36-22(15)20(16-10-18(32)35-21(16)19)12-3-7-14(8-4-12)34-24(28,29)30;1-2-4-5-3-1;4-2-1-3-5/h3-12,17,28H;1-10H;1-4H2;1H2. The highest BCUT2D eigenvalue weighted by Gasteiger charge is 2.35. The van der Waals surface area contributed by atoms with Crippen LogP contribution in [0.25, 0.3) is 94.5 Å². The van der Waals surface area contributed by atoms with E-state index in [0.717, 1.165) is 108 Å². The van der Waals surface area contributed by atoms with E-state index < -0.39 is 49.0 Å². The molecule has 11 nitrogen and oxygen atoms in total. The van der Waals surface area contributed by atoms with Crippen LogP contribution in [0.1, 0.15) is 41.1 Å².